The van der Waals surface area contributed by atoms with E-state index in [-0.39, 0.29) is 17.5 Å². The third-order valence-corrected chi connectivity index (χ3v) is 6.37. The van der Waals surface area contributed by atoms with Gasteiger partial charge in [0.25, 0.3) is 5.91 Å². The number of urea groups is 1. The van der Waals surface area contributed by atoms with E-state index in [9.17, 15) is 14.4 Å². The van der Waals surface area contributed by atoms with Crippen molar-refractivity contribution in [2.45, 2.75) is 20.0 Å². The lowest BCUT2D eigenvalue weighted by molar-refractivity contribution is 0.0696. The maximum Gasteiger partial charge on any atom is 0.335 e. The molecule has 4 rings (SSSR count). The monoisotopic (exact) mass is 450 g/mol. The molecule has 1 fully saturated rings. The molecule has 32 heavy (non-hydrogen) atoms. The van der Waals surface area contributed by atoms with Gasteiger partial charge in [-0.2, -0.15) is 0 Å². The van der Waals surface area contributed by atoms with Gasteiger partial charge in [-0.3, -0.25) is 9.69 Å². The van der Waals surface area contributed by atoms with Crippen LogP contribution in [0.15, 0.2) is 54.6 Å². The van der Waals surface area contributed by atoms with Gasteiger partial charge in [0.1, 0.15) is 4.88 Å². The van der Waals surface area contributed by atoms with Crippen LogP contribution in [0.2, 0.25) is 0 Å². The van der Waals surface area contributed by atoms with Gasteiger partial charge in [-0.15, -0.1) is 0 Å². The minimum absolute atomic E-state index is 0.183. The van der Waals surface area contributed by atoms with Gasteiger partial charge in [0, 0.05) is 26.2 Å². The molecule has 2 heterocycles. The van der Waals surface area contributed by atoms with E-state index in [2.05, 4.69) is 10.3 Å². The molecular formula is C23H22N4O4S. The molecule has 164 valence electrons. The number of carbonyl (C=O) groups is 3. The third kappa shape index (κ3) is 4.62. The highest BCUT2D eigenvalue weighted by Crippen LogP contribution is 2.29. The van der Waals surface area contributed by atoms with Crippen molar-refractivity contribution >= 4 is 34.4 Å². The Morgan fingerprint density at radius 2 is 1.78 bits per heavy atom. The summed E-state index contributed by atoms with van der Waals surface area (Å²) in [6.45, 7) is 3.56. The van der Waals surface area contributed by atoms with Crippen molar-refractivity contribution in [1.82, 2.24) is 15.2 Å². The number of carbonyl (C=O) groups excluding carboxylic acids is 2. The summed E-state index contributed by atoms with van der Waals surface area (Å²) in [5.74, 6) is -1.19. The number of benzene rings is 2. The molecular weight excluding hydrogens is 428 g/mol. The highest BCUT2D eigenvalue weighted by molar-refractivity contribution is 7.17. The summed E-state index contributed by atoms with van der Waals surface area (Å²) in [4.78, 5) is 44.8. The van der Waals surface area contributed by atoms with Crippen LogP contribution in [-0.4, -0.2) is 46.0 Å². The molecule has 0 aliphatic carbocycles. The highest BCUT2D eigenvalue weighted by Gasteiger charge is 2.32. The lowest BCUT2D eigenvalue weighted by Gasteiger charge is -2.17. The largest absolute Gasteiger partial charge is 0.478 e. The topological polar surface area (TPSA) is 103 Å². The summed E-state index contributed by atoms with van der Waals surface area (Å²) >= 11 is 1.21. The number of carboxylic acid groups (broad SMARTS) is 1. The van der Waals surface area contributed by atoms with Crippen LogP contribution >= 0.6 is 11.3 Å². The second-order valence-electron chi connectivity index (χ2n) is 7.44. The Labute approximate surface area is 189 Å². The average molecular weight is 451 g/mol. The number of thiazole rings is 1. The number of nitrogens with zero attached hydrogens (tertiary/aromatic N) is 3. The molecule has 2 N–H and O–H groups in total. The number of nitrogens with one attached hydrogen (secondary N) is 1. The van der Waals surface area contributed by atoms with E-state index in [1.54, 1.807) is 28.9 Å². The summed E-state index contributed by atoms with van der Waals surface area (Å²) in [5.41, 5.74) is 2.65. The van der Waals surface area contributed by atoms with Gasteiger partial charge in [0.15, 0.2) is 5.13 Å². The number of rotatable bonds is 7. The van der Waals surface area contributed by atoms with Gasteiger partial charge >= 0.3 is 12.0 Å². The second kappa shape index (κ2) is 9.19. The number of carboxylic acids is 1. The number of aromatic carboxylic acids is 1. The van der Waals surface area contributed by atoms with Crippen LogP contribution in [0.25, 0.3) is 0 Å². The number of aryl methyl sites for hydroxylation is 1. The standard InChI is InChI=1S/C23H22N4O4S/c1-15-19(20(28)24-13-16-5-3-2-4-6-16)32-22(25-15)27-12-11-26(23(27)31)14-17-7-9-18(10-8-17)21(29)30/h2-10H,11-14H2,1H3,(H,24,28)(H,29,30). The minimum atomic E-state index is -0.984. The maximum atomic E-state index is 12.9. The Kier molecular flexibility index (Phi) is 6.18. The zero-order chi connectivity index (χ0) is 22.7. The smallest absolute Gasteiger partial charge is 0.335 e. The fraction of sp³-hybridized carbons (Fsp3) is 0.217. The molecule has 1 saturated heterocycles. The van der Waals surface area contributed by atoms with Crippen molar-refractivity contribution in [1.29, 1.82) is 0 Å². The fourth-order valence-electron chi connectivity index (χ4n) is 3.45. The van der Waals surface area contributed by atoms with Crippen molar-refractivity contribution in [3.63, 3.8) is 0 Å². The SMILES string of the molecule is Cc1nc(N2CCN(Cc3ccc(C(=O)O)cc3)C2=O)sc1C(=O)NCc1ccccc1. The Bertz CT molecular complexity index is 1140. The molecule has 9 heteroatoms. The summed E-state index contributed by atoms with van der Waals surface area (Å²) in [7, 11) is 0. The van der Waals surface area contributed by atoms with Crippen molar-refractivity contribution < 1.29 is 19.5 Å². The number of anilines is 1. The summed E-state index contributed by atoms with van der Waals surface area (Å²) in [6, 6.07) is 15.9. The predicted octanol–water partition coefficient (Wildman–Crippen LogP) is 3.52. The van der Waals surface area contributed by atoms with Crippen molar-refractivity contribution in [2.75, 3.05) is 18.0 Å². The van der Waals surface area contributed by atoms with Crippen LogP contribution in [0.3, 0.4) is 0 Å². The summed E-state index contributed by atoms with van der Waals surface area (Å²) in [5, 5.41) is 12.4. The van der Waals surface area contributed by atoms with E-state index in [0.29, 0.717) is 41.9 Å². The summed E-state index contributed by atoms with van der Waals surface area (Å²) in [6.07, 6.45) is 0. The van der Waals surface area contributed by atoms with Gasteiger partial charge in [-0.1, -0.05) is 53.8 Å². The quantitative estimate of drug-likeness (QED) is 0.573. The zero-order valence-corrected chi connectivity index (χ0v) is 18.3. The molecule has 3 amide bonds. The number of amides is 3. The normalized spacial score (nSPS) is 13.5. The number of aromatic nitrogens is 1. The Hall–Kier alpha value is -3.72. The molecule has 3 aromatic rings. The lowest BCUT2D eigenvalue weighted by Crippen LogP contribution is -2.31. The molecule has 1 aliphatic rings. The fourth-order valence-corrected chi connectivity index (χ4v) is 4.45. The van der Waals surface area contributed by atoms with E-state index in [1.165, 1.54) is 23.5 Å². The van der Waals surface area contributed by atoms with Gasteiger partial charge < -0.3 is 15.3 Å². The highest BCUT2D eigenvalue weighted by atomic mass is 32.1. The first-order valence-corrected chi connectivity index (χ1v) is 10.9. The van der Waals surface area contributed by atoms with Gasteiger partial charge in [0.2, 0.25) is 0 Å². The molecule has 1 aromatic heterocycles. The van der Waals surface area contributed by atoms with Crippen molar-refractivity contribution in [3.05, 3.63) is 81.9 Å². The molecule has 0 unspecified atom stereocenters. The van der Waals surface area contributed by atoms with Gasteiger partial charge in [0.05, 0.1) is 11.3 Å². The maximum absolute atomic E-state index is 12.9. The van der Waals surface area contributed by atoms with Crippen LogP contribution < -0.4 is 10.2 Å². The van der Waals surface area contributed by atoms with Crippen LogP contribution in [0, 0.1) is 6.92 Å². The second-order valence-corrected chi connectivity index (χ2v) is 8.41. The third-order valence-electron chi connectivity index (χ3n) is 5.19. The van der Waals surface area contributed by atoms with E-state index in [1.807, 2.05) is 30.3 Å². The van der Waals surface area contributed by atoms with E-state index >= 15 is 0 Å². The van der Waals surface area contributed by atoms with Crippen LogP contribution in [0.5, 0.6) is 0 Å². The first-order valence-electron chi connectivity index (χ1n) is 10.1. The van der Waals surface area contributed by atoms with Crippen LogP contribution in [0.1, 0.15) is 36.9 Å². The molecule has 8 nitrogen and oxygen atoms in total. The molecule has 0 atom stereocenters. The van der Waals surface area contributed by atoms with Gasteiger partial charge in [-0.05, 0) is 30.2 Å². The lowest BCUT2D eigenvalue weighted by atomic mass is 10.1. The molecule has 1 aliphatic heterocycles. The molecule has 0 radical (unpaired) electrons. The van der Waals surface area contributed by atoms with Crippen LogP contribution in [-0.2, 0) is 13.1 Å². The number of hydrogen-bond donors (Lipinski definition) is 2. The Balaban J connectivity index is 1.40. The Morgan fingerprint density at radius 1 is 1.06 bits per heavy atom. The van der Waals surface area contributed by atoms with Crippen LogP contribution in [0.4, 0.5) is 9.93 Å². The molecule has 0 bridgehead atoms. The summed E-state index contributed by atoms with van der Waals surface area (Å²) < 4.78 is 0. The molecule has 0 saturated carbocycles. The predicted molar refractivity (Wildman–Crippen MR) is 121 cm³/mol. The minimum Gasteiger partial charge on any atom is -0.478 e. The van der Waals surface area contributed by atoms with E-state index in [0.717, 1.165) is 11.1 Å². The molecule has 2 aromatic carbocycles. The first kappa shape index (κ1) is 21.5. The Morgan fingerprint density at radius 3 is 2.47 bits per heavy atom. The number of hydrogen-bond acceptors (Lipinski definition) is 5. The average Bonchev–Trinajstić information content (AvgIpc) is 3.35. The van der Waals surface area contributed by atoms with E-state index in [4.69, 9.17) is 5.11 Å². The van der Waals surface area contributed by atoms with Gasteiger partial charge in [-0.25, -0.2) is 14.6 Å². The zero-order valence-electron chi connectivity index (χ0n) is 17.4. The van der Waals surface area contributed by atoms with E-state index < -0.39 is 5.97 Å². The van der Waals surface area contributed by atoms with Crippen molar-refractivity contribution in [3.8, 4) is 0 Å². The first-order chi connectivity index (χ1) is 15.4. The van der Waals surface area contributed by atoms with Crippen molar-refractivity contribution in [2.24, 2.45) is 0 Å². The molecule has 0 spiro atoms.